The molecule has 0 aliphatic carbocycles. The van der Waals surface area contributed by atoms with E-state index in [2.05, 4.69) is 60.5 Å². The van der Waals surface area contributed by atoms with E-state index in [1.54, 1.807) is 0 Å². The third-order valence-corrected chi connectivity index (χ3v) is 5.02. The molecule has 7 nitrogen and oxygen atoms in total. The summed E-state index contributed by atoms with van der Waals surface area (Å²) in [5, 5.41) is 11.4. The number of aliphatic imine (C=N–C) groups is 1. The van der Waals surface area contributed by atoms with Crippen LogP contribution in [0.1, 0.15) is 36.4 Å². The van der Waals surface area contributed by atoms with E-state index in [-0.39, 0.29) is 6.04 Å². The molecule has 1 heterocycles. The lowest BCUT2D eigenvalue weighted by molar-refractivity contribution is 0.261. The Bertz CT molecular complexity index is 827. The predicted molar refractivity (Wildman–Crippen MR) is 124 cm³/mol. The number of aromatic nitrogens is 2. The number of aryl methyl sites for hydroxylation is 2. The molecule has 1 unspecified atom stereocenters. The summed E-state index contributed by atoms with van der Waals surface area (Å²) in [6.07, 6.45) is 0.908. The SMILES string of the molecule is CCNC(=NCc1cccc(OCCN(C)C)c1)NC(C)Cc1c(C)nn(C)c1C. The molecule has 7 heteroatoms. The zero-order chi connectivity index (χ0) is 22.1. The largest absolute Gasteiger partial charge is 0.492 e. The maximum atomic E-state index is 5.84. The first kappa shape index (κ1) is 23.7. The number of nitrogens with zero attached hydrogens (tertiary/aromatic N) is 4. The van der Waals surface area contributed by atoms with Crippen LogP contribution in [0, 0.1) is 13.8 Å². The van der Waals surface area contributed by atoms with Gasteiger partial charge in [-0.3, -0.25) is 4.68 Å². The van der Waals surface area contributed by atoms with Crippen molar-refractivity contribution in [2.45, 2.75) is 46.7 Å². The van der Waals surface area contributed by atoms with Gasteiger partial charge in [0.25, 0.3) is 0 Å². The minimum atomic E-state index is 0.241. The monoisotopic (exact) mass is 414 g/mol. The molecule has 2 rings (SSSR count). The first-order chi connectivity index (χ1) is 14.3. The van der Waals surface area contributed by atoms with Gasteiger partial charge in [-0.1, -0.05) is 12.1 Å². The molecule has 0 aliphatic heterocycles. The highest BCUT2D eigenvalue weighted by molar-refractivity contribution is 5.80. The van der Waals surface area contributed by atoms with Crippen LogP contribution in [0.3, 0.4) is 0 Å². The van der Waals surface area contributed by atoms with Crippen LogP contribution < -0.4 is 15.4 Å². The standard InChI is InChI=1S/C23H38N6O/c1-8-24-23(26-17(2)14-22-18(3)27-29(7)19(22)4)25-16-20-10-9-11-21(15-20)30-13-12-28(5)6/h9-11,15,17H,8,12-14,16H2,1-7H3,(H2,24,25,26). The Labute approximate surface area is 181 Å². The lowest BCUT2D eigenvalue weighted by Crippen LogP contribution is -2.43. The highest BCUT2D eigenvalue weighted by Gasteiger charge is 2.14. The van der Waals surface area contributed by atoms with Gasteiger partial charge in [0.1, 0.15) is 12.4 Å². The fraction of sp³-hybridized carbons (Fsp3) is 0.565. The van der Waals surface area contributed by atoms with Crippen molar-refractivity contribution >= 4 is 5.96 Å². The molecule has 0 saturated carbocycles. The molecule has 166 valence electrons. The normalized spacial score (nSPS) is 12.9. The minimum absolute atomic E-state index is 0.241. The Morgan fingerprint density at radius 1 is 1.30 bits per heavy atom. The fourth-order valence-electron chi connectivity index (χ4n) is 3.27. The van der Waals surface area contributed by atoms with E-state index in [4.69, 9.17) is 9.73 Å². The summed E-state index contributed by atoms with van der Waals surface area (Å²) in [6.45, 7) is 11.4. The topological polar surface area (TPSA) is 66.7 Å². The molecule has 0 fully saturated rings. The van der Waals surface area contributed by atoms with Crippen LogP contribution in [0.25, 0.3) is 0 Å². The highest BCUT2D eigenvalue weighted by Crippen LogP contribution is 2.15. The van der Waals surface area contributed by atoms with Crippen molar-refractivity contribution in [3.63, 3.8) is 0 Å². The van der Waals surface area contributed by atoms with E-state index >= 15 is 0 Å². The van der Waals surface area contributed by atoms with Crippen molar-refractivity contribution in [1.29, 1.82) is 0 Å². The second kappa shape index (κ2) is 11.6. The zero-order valence-corrected chi connectivity index (χ0v) is 19.6. The van der Waals surface area contributed by atoms with E-state index in [1.165, 1.54) is 11.3 Å². The van der Waals surface area contributed by atoms with Gasteiger partial charge in [0.15, 0.2) is 5.96 Å². The smallest absolute Gasteiger partial charge is 0.191 e. The van der Waals surface area contributed by atoms with Crippen LogP contribution in [0.2, 0.25) is 0 Å². The second-order valence-corrected chi connectivity index (χ2v) is 8.02. The van der Waals surface area contributed by atoms with E-state index in [9.17, 15) is 0 Å². The summed E-state index contributed by atoms with van der Waals surface area (Å²) >= 11 is 0. The van der Waals surface area contributed by atoms with Crippen LogP contribution in [0.4, 0.5) is 0 Å². The number of hydrogen-bond acceptors (Lipinski definition) is 4. The predicted octanol–water partition coefficient (Wildman–Crippen LogP) is 2.66. The molecular weight excluding hydrogens is 376 g/mol. The van der Waals surface area contributed by atoms with Gasteiger partial charge in [0, 0.05) is 31.9 Å². The van der Waals surface area contributed by atoms with E-state index in [0.29, 0.717) is 13.2 Å². The number of ether oxygens (including phenoxy) is 1. The van der Waals surface area contributed by atoms with Gasteiger partial charge in [-0.05, 0) is 71.5 Å². The van der Waals surface area contributed by atoms with Crippen molar-refractivity contribution in [2.24, 2.45) is 12.0 Å². The van der Waals surface area contributed by atoms with Crippen molar-refractivity contribution in [2.75, 3.05) is 33.8 Å². The number of likely N-dealkylation sites (N-methyl/N-ethyl adjacent to an activating group) is 1. The quantitative estimate of drug-likeness (QED) is 0.462. The molecule has 0 radical (unpaired) electrons. The summed E-state index contributed by atoms with van der Waals surface area (Å²) in [5.41, 5.74) is 4.74. The Morgan fingerprint density at radius 3 is 2.70 bits per heavy atom. The first-order valence-corrected chi connectivity index (χ1v) is 10.7. The first-order valence-electron chi connectivity index (χ1n) is 10.7. The molecule has 0 bridgehead atoms. The Hall–Kier alpha value is -2.54. The average molecular weight is 415 g/mol. The molecule has 0 saturated heterocycles. The van der Waals surface area contributed by atoms with Gasteiger partial charge >= 0.3 is 0 Å². The summed E-state index contributed by atoms with van der Waals surface area (Å²) in [5.74, 6) is 1.71. The van der Waals surface area contributed by atoms with Gasteiger partial charge < -0.3 is 20.3 Å². The average Bonchev–Trinajstić information content (AvgIpc) is 2.92. The molecule has 30 heavy (non-hydrogen) atoms. The molecule has 0 spiro atoms. The molecule has 1 atom stereocenters. The summed E-state index contributed by atoms with van der Waals surface area (Å²) in [7, 11) is 6.08. The second-order valence-electron chi connectivity index (χ2n) is 8.02. The van der Waals surface area contributed by atoms with E-state index in [1.807, 2.05) is 38.0 Å². The number of rotatable bonds is 10. The van der Waals surface area contributed by atoms with Crippen LogP contribution in [0.15, 0.2) is 29.3 Å². The maximum absolute atomic E-state index is 5.84. The third kappa shape index (κ3) is 7.37. The van der Waals surface area contributed by atoms with Gasteiger partial charge in [0.05, 0.1) is 12.2 Å². The number of benzene rings is 1. The van der Waals surface area contributed by atoms with Crippen LogP contribution in [0.5, 0.6) is 5.75 Å². The summed E-state index contributed by atoms with van der Waals surface area (Å²) in [6, 6.07) is 8.40. The van der Waals surface area contributed by atoms with Gasteiger partial charge in [0.2, 0.25) is 0 Å². The summed E-state index contributed by atoms with van der Waals surface area (Å²) in [4.78, 5) is 6.88. The summed E-state index contributed by atoms with van der Waals surface area (Å²) < 4.78 is 7.79. The number of hydrogen-bond donors (Lipinski definition) is 2. The van der Waals surface area contributed by atoms with Crippen LogP contribution >= 0.6 is 0 Å². The van der Waals surface area contributed by atoms with E-state index < -0.39 is 0 Å². The van der Waals surface area contributed by atoms with Gasteiger partial charge in [-0.25, -0.2) is 4.99 Å². The molecule has 1 aromatic carbocycles. The lowest BCUT2D eigenvalue weighted by atomic mass is 10.1. The third-order valence-electron chi connectivity index (χ3n) is 5.02. The van der Waals surface area contributed by atoms with Gasteiger partial charge in [-0.15, -0.1) is 0 Å². The van der Waals surface area contributed by atoms with Gasteiger partial charge in [-0.2, -0.15) is 5.10 Å². The Morgan fingerprint density at radius 2 is 2.07 bits per heavy atom. The molecular formula is C23H38N6O. The van der Waals surface area contributed by atoms with Crippen molar-refractivity contribution in [3.8, 4) is 5.75 Å². The molecule has 2 N–H and O–H groups in total. The van der Waals surface area contributed by atoms with Crippen molar-refractivity contribution in [1.82, 2.24) is 25.3 Å². The van der Waals surface area contributed by atoms with Crippen molar-refractivity contribution in [3.05, 3.63) is 46.8 Å². The minimum Gasteiger partial charge on any atom is -0.492 e. The van der Waals surface area contributed by atoms with Crippen LogP contribution in [-0.4, -0.2) is 60.5 Å². The molecule has 0 aliphatic rings. The Kier molecular flexibility index (Phi) is 9.17. The fourth-order valence-corrected chi connectivity index (χ4v) is 3.27. The van der Waals surface area contributed by atoms with Crippen LogP contribution in [-0.2, 0) is 20.0 Å². The molecule has 1 aromatic heterocycles. The Balaban J connectivity index is 1.98. The number of guanidine groups is 1. The van der Waals surface area contributed by atoms with Crippen molar-refractivity contribution < 1.29 is 4.74 Å². The van der Waals surface area contributed by atoms with E-state index in [0.717, 1.165) is 42.5 Å². The lowest BCUT2D eigenvalue weighted by Gasteiger charge is -2.18. The molecule has 2 aromatic rings. The molecule has 0 amide bonds. The highest BCUT2D eigenvalue weighted by atomic mass is 16.5. The maximum Gasteiger partial charge on any atom is 0.191 e. The number of nitrogens with one attached hydrogen (secondary N) is 2. The zero-order valence-electron chi connectivity index (χ0n) is 19.6.